The second-order valence-corrected chi connectivity index (χ2v) is 2.79. The van der Waals surface area contributed by atoms with E-state index in [9.17, 15) is 0 Å². The van der Waals surface area contributed by atoms with Crippen LogP contribution in [0.1, 0.15) is 24.1 Å². The monoisotopic (exact) mass is 161 g/mol. The molecule has 3 nitrogen and oxygen atoms in total. The molecule has 0 aliphatic carbocycles. The van der Waals surface area contributed by atoms with Gasteiger partial charge in [0.2, 0.25) is 0 Å². The first-order chi connectivity index (χ1) is 5.74. The van der Waals surface area contributed by atoms with Gasteiger partial charge in [-0.25, -0.2) is 0 Å². The van der Waals surface area contributed by atoms with Crippen LogP contribution in [0.5, 0.6) is 0 Å². The van der Waals surface area contributed by atoms with Crippen molar-refractivity contribution in [3.8, 4) is 0 Å². The molecule has 0 unspecified atom stereocenters. The van der Waals surface area contributed by atoms with Gasteiger partial charge in [0, 0.05) is 4.91 Å². The van der Waals surface area contributed by atoms with E-state index in [2.05, 4.69) is 10.0 Å². The highest BCUT2D eigenvalue weighted by atomic mass is 15.1. The summed E-state index contributed by atoms with van der Waals surface area (Å²) in [6.45, 7) is 3.91. The summed E-state index contributed by atoms with van der Waals surface area (Å²) in [7, 11) is 0. The van der Waals surface area contributed by atoms with Crippen LogP contribution in [0.4, 0.5) is 0 Å². The molecule has 1 aromatic carbocycles. The summed E-state index contributed by atoms with van der Waals surface area (Å²) in [6, 6.07) is 7.91. The molecule has 0 bridgehead atoms. The van der Waals surface area contributed by atoms with E-state index in [4.69, 9.17) is 5.53 Å². The lowest BCUT2D eigenvalue weighted by molar-refractivity contribution is 0.807. The van der Waals surface area contributed by atoms with Gasteiger partial charge in [-0.2, -0.15) is 0 Å². The van der Waals surface area contributed by atoms with E-state index >= 15 is 0 Å². The van der Waals surface area contributed by atoms with Gasteiger partial charge in [0.05, 0.1) is 6.04 Å². The molecule has 0 saturated heterocycles. The third-order valence-corrected chi connectivity index (χ3v) is 1.78. The van der Waals surface area contributed by atoms with Crippen LogP contribution in [0, 0.1) is 6.92 Å². The van der Waals surface area contributed by atoms with Crippen LogP contribution in [0.15, 0.2) is 29.4 Å². The van der Waals surface area contributed by atoms with Crippen molar-refractivity contribution in [1.29, 1.82) is 0 Å². The molecule has 0 aliphatic heterocycles. The zero-order valence-corrected chi connectivity index (χ0v) is 7.23. The van der Waals surface area contributed by atoms with Crippen LogP contribution in [0.2, 0.25) is 0 Å². The molecule has 1 aromatic rings. The Morgan fingerprint density at radius 1 is 1.33 bits per heavy atom. The van der Waals surface area contributed by atoms with Gasteiger partial charge in [-0.05, 0) is 18.0 Å². The van der Waals surface area contributed by atoms with Crippen LogP contribution in [0.25, 0.3) is 10.4 Å². The lowest BCUT2D eigenvalue weighted by Crippen LogP contribution is -1.87. The van der Waals surface area contributed by atoms with Crippen molar-refractivity contribution < 1.29 is 0 Å². The fourth-order valence-corrected chi connectivity index (χ4v) is 0.989. The Bertz CT molecular complexity index is 296. The summed E-state index contributed by atoms with van der Waals surface area (Å²) in [4.78, 5) is 2.76. The van der Waals surface area contributed by atoms with E-state index in [0.29, 0.717) is 0 Å². The van der Waals surface area contributed by atoms with E-state index in [0.717, 1.165) is 5.56 Å². The third kappa shape index (κ3) is 2.01. The molecule has 0 saturated carbocycles. The van der Waals surface area contributed by atoms with E-state index in [1.54, 1.807) is 0 Å². The van der Waals surface area contributed by atoms with E-state index in [1.807, 2.05) is 38.1 Å². The van der Waals surface area contributed by atoms with Gasteiger partial charge in [-0.1, -0.05) is 41.9 Å². The standard InChI is InChI=1S/C9H11N3/c1-7-3-5-9(6-4-7)8(2)11-12-10/h3-6,8H,1-2H3/t8-/m1/s1. The average Bonchev–Trinajstić information content (AvgIpc) is 2.06. The SMILES string of the molecule is Cc1ccc([C@@H](C)N=[N+]=[N-])cc1. The minimum atomic E-state index is -0.0735. The molecule has 3 heteroatoms. The summed E-state index contributed by atoms with van der Waals surface area (Å²) in [5, 5.41) is 3.61. The second kappa shape index (κ2) is 3.79. The number of benzene rings is 1. The van der Waals surface area contributed by atoms with Gasteiger partial charge < -0.3 is 0 Å². The minimum Gasteiger partial charge on any atom is -0.0862 e. The number of nitrogens with zero attached hydrogens (tertiary/aromatic N) is 3. The highest BCUT2D eigenvalue weighted by molar-refractivity contribution is 5.23. The van der Waals surface area contributed by atoms with Crippen molar-refractivity contribution in [2.75, 3.05) is 0 Å². The van der Waals surface area contributed by atoms with E-state index in [-0.39, 0.29) is 6.04 Å². The molecule has 62 valence electrons. The van der Waals surface area contributed by atoms with E-state index in [1.165, 1.54) is 5.56 Å². The van der Waals surface area contributed by atoms with Gasteiger partial charge in [-0.3, -0.25) is 0 Å². The first-order valence-electron chi connectivity index (χ1n) is 3.85. The first-order valence-corrected chi connectivity index (χ1v) is 3.85. The molecule has 1 rings (SSSR count). The number of aryl methyl sites for hydroxylation is 1. The van der Waals surface area contributed by atoms with Crippen molar-refractivity contribution in [2.24, 2.45) is 5.11 Å². The Labute approximate surface area is 71.7 Å². The van der Waals surface area contributed by atoms with E-state index < -0.39 is 0 Å². The lowest BCUT2D eigenvalue weighted by atomic mass is 10.1. The van der Waals surface area contributed by atoms with Gasteiger partial charge in [0.15, 0.2) is 0 Å². The Hall–Kier alpha value is -1.47. The highest BCUT2D eigenvalue weighted by Gasteiger charge is 2.00. The average molecular weight is 161 g/mol. The molecule has 0 aliphatic rings. The molecule has 0 aromatic heterocycles. The third-order valence-electron chi connectivity index (χ3n) is 1.78. The van der Waals surface area contributed by atoms with Crippen molar-refractivity contribution in [3.63, 3.8) is 0 Å². The first kappa shape index (κ1) is 8.62. The maximum absolute atomic E-state index is 8.21. The quantitative estimate of drug-likeness (QED) is 0.363. The predicted molar refractivity (Wildman–Crippen MR) is 48.7 cm³/mol. The van der Waals surface area contributed by atoms with Crippen molar-refractivity contribution in [1.82, 2.24) is 0 Å². The fourth-order valence-electron chi connectivity index (χ4n) is 0.989. The molecule has 0 N–H and O–H groups in total. The van der Waals surface area contributed by atoms with Gasteiger partial charge in [0.25, 0.3) is 0 Å². The molecule has 0 heterocycles. The number of rotatable bonds is 2. The normalized spacial score (nSPS) is 11.8. The molecule has 0 amide bonds. The molecular formula is C9H11N3. The number of hydrogen-bond donors (Lipinski definition) is 0. The number of hydrogen-bond acceptors (Lipinski definition) is 1. The second-order valence-electron chi connectivity index (χ2n) is 2.79. The predicted octanol–water partition coefficient (Wildman–Crippen LogP) is 3.37. The minimum absolute atomic E-state index is 0.0735. The zero-order valence-electron chi connectivity index (χ0n) is 7.23. The zero-order chi connectivity index (χ0) is 8.97. The fraction of sp³-hybridized carbons (Fsp3) is 0.333. The number of azide groups is 1. The van der Waals surface area contributed by atoms with Crippen LogP contribution in [-0.2, 0) is 0 Å². The molecule has 0 spiro atoms. The largest absolute Gasteiger partial charge is 0.0862 e. The summed E-state index contributed by atoms with van der Waals surface area (Å²) >= 11 is 0. The van der Waals surface area contributed by atoms with Crippen LogP contribution >= 0.6 is 0 Å². The lowest BCUT2D eigenvalue weighted by Gasteiger charge is -2.03. The van der Waals surface area contributed by atoms with Crippen molar-refractivity contribution in [2.45, 2.75) is 19.9 Å². The topological polar surface area (TPSA) is 48.8 Å². The Balaban J connectivity index is 2.89. The molecular weight excluding hydrogens is 150 g/mol. The smallest absolute Gasteiger partial charge is 0.0597 e. The maximum Gasteiger partial charge on any atom is 0.0597 e. The molecule has 1 atom stereocenters. The van der Waals surface area contributed by atoms with Crippen molar-refractivity contribution in [3.05, 3.63) is 45.8 Å². The summed E-state index contributed by atoms with van der Waals surface area (Å²) in [5.41, 5.74) is 10.5. The molecule has 12 heavy (non-hydrogen) atoms. The summed E-state index contributed by atoms with van der Waals surface area (Å²) < 4.78 is 0. The van der Waals surface area contributed by atoms with Crippen LogP contribution in [-0.4, -0.2) is 0 Å². The summed E-state index contributed by atoms with van der Waals surface area (Å²) in [5.74, 6) is 0. The van der Waals surface area contributed by atoms with Gasteiger partial charge in [-0.15, -0.1) is 0 Å². The Morgan fingerprint density at radius 3 is 2.42 bits per heavy atom. The van der Waals surface area contributed by atoms with Crippen LogP contribution < -0.4 is 0 Å². The molecule has 0 radical (unpaired) electrons. The summed E-state index contributed by atoms with van der Waals surface area (Å²) in [6.07, 6.45) is 0. The van der Waals surface area contributed by atoms with Gasteiger partial charge >= 0.3 is 0 Å². The highest BCUT2D eigenvalue weighted by Crippen LogP contribution is 2.16. The van der Waals surface area contributed by atoms with Gasteiger partial charge in [0.1, 0.15) is 0 Å². The molecule has 0 fully saturated rings. The Kier molecular flexibility index (Phi) is 2.72. The maximum atomic E-state index is 8.21. The Morgan fingerprint density at radius 2 is 1.92 bits per heavy atom. The van der Waals surface area contributed by atoms with Crippen LogP contribution in [0.3, 0.4) is 0 Å². The van der Waals surface area contributed by atoms with Crippen molar-refractivity contribution >= 4 is 0 Å².